The lowest BCUT2D eigenvalue weighted by Crippen LogP contribution is -2.49. The Morgan fingerprint density at radius 3 is 2.67 bits per heavy atom. The standard InChI is InChI=1S/C20H29F2N7.HI/c1-3-19-27-25-14-29(19)11-8-24-20(23-2)26-16-6-9-28(10-7-16)13-15-4-5-17(21)18(22)12-15;/h4-5,12,14,16H,3,6-11,13H2,1-2H3,(H2,23,24,26);1H. The number of aromatic nitrogens is 3. The van der Waals surface area contributed by atoms with E-state index in [0.29, 0.717) is 12.6 Å². The maximum absolute atomic E-state index is 13.4. The van der Waals surface area contributed by atoms with E-state index in [1.54, 1.807) is 19.4 Å². The summed E-state index contributed by atoms with van der Waals surface area (Å²) < 4.78 is 28.5. The van der Waals surface area contributed by atoms with Crippen LogP contribution in [0, 0.1) is 11.6 Å². The molecule has 2 aromatic rings. The number of guanidine groups is 1. The van der Waals surface area contributed by atoms with Crippen LogP contribution in [0.5, 0.6) is 0 Å². The van der Waals surface area contributed by atoms with Crippen molar-refractivity contribution in [2.75, 3.05) is 26.7 Å². The number of piperidine rings is 1. The minimum Gasteiger partial charge on any atom is -0.355 e. The molecule has 1 aromatic carbocycles. The number of rotatable bonds is 7. The highest BCUT2D eigenvalue weighted by atomic mass is 127. The topological polar surface area (TPSA) is 70.4 Å². The zero-order valence-electron chi connectivity index (χ0n) is 17.4. The van der Waals surface area contributed by atoms with Crippen LogP contribution in [-0.4, -0.2) is 58.3 Å². The van der Waals surface area contributed by atoms with Crippen LogP contribution < -0.4 is 10.6 Å². The molecule has 1 saturated heterocycles. The van der Waals surface area contributed by atoms with Gasteiger partial charge in [0.15, 0.2) is 17.6 Å². The molecule has 166 valence electrons. The zero-order valence-corrected chi connectivity index (χ0v) is 19.8. The molecule has 0 bridgehead atoms. The van der Waals surface area contributed by atoms with E-state index in [0.717, 1.165) is 62.8 Å². The molecule has 7 nitrogen and oxygen atoms in total. The highest BCUT2D eigenvalue weighted by molar-refractivity contribution is 14.0. The van der Waals surface area contributed by atoms with Gasteiger partial charge in [0, 0.05) is 52.2 Å². The van der Waals surface area contributed by atoms with Crippen LogP contribution in [0.1, 0.15) is 31.2 Å². The smallest absolute Gasteiger partial charge is 0.191 e. The molecule has 0 amide bonds. The fourth-order valence-corrected chi connectivity index (χ4v) is 3.55. The Hall–Kier alpha value is -1.82. The molecular weight excluding hydrogens is 503 g/mol. The molecular formula is C20H30F2IN7. The van der Waals surface area contributed by atoms with Gasteiger partial charge in [-0.3, -0.25) is 9.89 Å². The van der Waals surface area contributed by atoms with Gasteiger partial charge in [-0.25, -0.2) is 8.78 Å². The molecule has 0 unspecified atom stereocenters. The van der Waals surface area contributed by atoms with E-state index in [-0.39, 0.29) is 24.0 Å². The van der Waals surface area contributed by atoms with Crippen molar-refractivity contribution in [3.05, 3.63) is 47.5 Å². The van der Waals surface area contributed by atoms with Crippen molar-refractivity contribution in [3.8, 4) is 0 Å². The first-order valence-corrected chi connectivity index (χ1v) is 10.1. The van der Waals surface area contributed by atoms with Gasteiger partial charge in [0.1, 0.15) is 12.2 Å². The Labute approximate surface area is 193 Å². The predicted molar refractivity (Wildman–Crippen MR) is 124 cm³/mol. The Morgan fingerprint density at radius 1 is 1.23 bits per heavy atom. The second kappa shape index (κ2) is 12.1. The number of aliphatic imine (C=N–C) groups is 1. The van der Waals surface area contributed by atoms with Crippen LogP contribution >= 0.6 is 24.0 Å². The van der Waals surface area contributed by atoms with E-state index >= 15 is 0 Å². The van der Waals surface area contributed by atoms with Crippen LogP contribution in [0.3, 0.4) is 0 Å². The quantitative estimate of drug-likeness (QED) is 0.326. The van der Waals surface area contributed by atoms with E-state index in [4.69, 9.17) is 0 Å². The first kappa shape index (κ1) is 24.4. The van der Waals surface area contributed by atoms with Gasteiger partial charge in [-0.1, -0.05) is 13.0 Å². The number of hydrogen-bond acceptors (Lipinski definition) is 4. The third-order valence-corrected chi connectivity index (χ3v) is 5.20. The van der Waals surface area contributed by atoms with Gasteiger partial charge in [0.25, 0.3) is 0 Å². The summed E-state index contributed by atoms with van der Waals surface area (Å²) in [4.78, 5) is 6.57. The van der Waals surface area contributed by atoms with Crippen molar-refractivity contribution in [1.29, 1.82) is 0 Å². The van der Waals surface area contributed by atoms with Crippen molar-refractivity contribution in [3.63, 3.8) is 0 Å². The van der Waals surface area contributed by atoms with Crippen LogP contribution in [-0.2, 0) is 19.5 Å². The normalized spacial score (nSPS) is 15.7. The van der Waals surface area contributed by atoms with Gasteiger partial charge in [0.05, 0.1) is 0 Å². The van der Waals surface area contributed by atoms with Crippen molar-refractivity contribution in [1.82, 2.24) is 30.3 Å². The highest BCUT2D eigenvalue weighted by Crippen LogP contribution is 2.15. The average molecular weight is 533 g/mol. The Bertz CT molecular complexity index is 819. The zero-order chi connectivity index (χ0) is 20.6. The third kappa shape index (κ3) is 6.86. The molecule has 1 aliphatic rings. The van der Waals surface area contributed by atoms with Gasteiger partial charge in [0.2, 0.25) is 0 Å². The van der Waals surface area contributed by atoms with Crippen LogP contribution in [0.4, 0.5) is 8.78 Å². The van der Waals surface area contributed by atoms with Crippen LogP contribution in [0.2, 0.25) is 0 Å². The Morgan fingerprint density at radius 2 is 2.00 bits per heavy atom. The summed E-state index contributed by atoms with van der Waals surface area (Å²) in [6, 6.07) is 4.46. The molecule has 0 saturated carbocycles. The largest absolute Gasteiger partial charge is 0.355 e. The monoisotopic (exact) mass is 533 g/mol. The average Bonchev–Trinajstić information content (AvgIpc) is 3.19. The predicted octanol–water partition coefficient (Wildman–Crippen LogP) is 2.57. The Kier molecular flexibility index (Phi) is 9.89. The van der Waals surface area contributed by atoms with Gasteiger partial charge < -0.3 is 15.2 Å². The van der Waals surface area contributed by atoms with Gasteiger partial charge in [-0.15, -0.1) is 34.2 Å². The maximum Gasteiger partial charge on any atom is 0.191 e. The summed E-state index contributed by atoms with van der Waals surface area (Å²) in [6.07, 6.45) is 4.54. The third-order valence-electron chi connectivity index (χ3n) is 5.20. The second-order valence-electron chi connectivity index (χ2n) is 7.24. The summed E-state index contributed by atoms with van der Waals surface area (Å²) >= 11 is 0. The number of nitrogens with one attached hydrogen (secondary N) is 2. The summed E-state index contributed by atoms with van der Waals surface area (Å²) in [5.41, 5.74) is 0.799. The fourth-order valence-electron chi connectivity index (χ4n) is 3.55. The number of nitrogens with zero attached hydrogens (tertiary/aromatic N) is 5. The van der Waals surface area contributed by atoms with E-state index < -0.39 is 11.6 Å². The molecule has 30 heavy (non-hydrogen) atoms. The fraction of sp³-hybridized carbons (Fsp3) is 0.550. The molecule has 0 spiro atoms. The number of halogens is 3. The lowest BCUT2D eigenvalue weighted by Gasteiger charge is -2.33. The van der Waals surface area contributed by atoms with E-state index in [2.05, 4.69) is 37.6 Å². The van der Waals surface area contributed by atoms with E-state index in [9.17, 15) is 8.78 Å². The number of hydrogen-bond donors (Lipinski definition) is 2. The van der Waals surface area contributed by atoms with Gasteiger partial charge in [-0.2, -0.15) is 0 Å². The first-order valence-electron chi connectivity index (χ1n) is 10.1. The molecule has 0 atom stereocenters. The van der Waals surface area contributed by atoms with Gasteiger partial charge in [-0.05, 0) is 30.5 Å². The number of benzene rings is 1. The van der Waals surface area contributed by atoms with E-state index in [1.807, 2.05) is 4.57 Å². The molecule has 1 aliphatic heterocycles. The molecule has 0 aliphatic carbocycles. The molecule has 2 N–H and O–H groups in total. The van der Waals surface area contributed by atoms with Crippen LogP contribution in [0.25, 0.3) is 0 Å². The SMILES string of the molecule is CCc1nncn1CCNC(=NC)NC1CCN(Cc2ccc(F)c(F)c2)CC1.I. The van der Waals surface area contributed by atoms with Crippen molar-refractivity contribution < 1.29 is 8.78 Å². The van der Waals surface area contributed by atoms with Crippen LogP contribution in [0.15, 0.2) is 29.5 Å². The maximum atomic E-state index is 13.4. The summed E-state index contributed by atoms with van der Waals surface area (Å²) in [7, 11) is 1.77. The molecule has 1 fully saturated rings. The Balaban J connectivity index is 0.00000320. The highest BCUT2D eigenvalue weighted by Gasteiger charge is 2.20. The summed E-state index contributed by atoms with van der Waals surface area (Å²) in [5, 5.41) is 14.9. The van der Waals surface area contributed by atoms with Crippen molar-refractivity contribution in [2.24, 2.45) is 4.99 Å². The minimum atomic E-state index is -0.800. The second-order valence-corrected chi connectivity index (χ2v) is 7.24. The lowest BCUT2D eigenvalue weighted by atomic mass is 10.0. The first-order chi connectivity index (χ1) is 14.1. The molecule has 3 rings (SSSR count). The summed E-state index contributed by atoms with van der Waals surface area (Å²) in [6.45, 7) is 6.01. The number of likely N-dealkylation sites (tertiary alicyclic amines) is 1. The molecule has 0 radical (unpaired) electrons. The lowest BCUT2D eigenvalue weighted by molar-refractivity contribution is 0.198. The molecule has 10 heteroatoms. The molecule has 2 heterocycles. The number of aryl methyl sites for hydroxylation is 1. The van der Waals surface area contributed by atoms with E-state index in [1.165, 1.54) is 12.1 Å². The van der Waals surface area contributed by atoms with Crippen molar-refractivity contribution in [2.45, 2.75) is 45.3 Å². The van der Waals surface area contributed by atoms with Crippen molar-refractivity contribution >= 4 is 29.9 Å². The molecule has 1 aromatic heterocycles. The summed E-state index contributed by atoms with van der Waals surface area (Å²) in [5.74, 6) is 0.176. The van der Waals surface area contributed by atoms with Gasteiger partial charge >= 0.3 is 0 Å². The minimum absolute atomic E-state index is 0.